The van der Waals surface area contributed by atoms with Gasteiger partial charge >= 0.3 is 0 Å². The third kappa shape index (κ3) is 4.75. The van der Waals surface area contributed by atoms with Gasteiger partial charge in [0.15, 0.2) is 5.88 Å². The highest BCUT2D eigenvalue weighted by atomic mass is 16.5. The fraction of sp³-hybridized carbons (Fsp3) is 0.353. The molecular weight excluding hydrogens is 296 g/mol. The lowest BCUT2D eigenvalue weighted by molar-refractivity contribution is -0.129. The van der Waals surface area contributed by atoms with Crippen LogP contribution in [0.4, 0.5) is 0 Å². The molecular formula is C17H22N2O4. The Kier molecular flexibility index (Phi) is 6.05. The SMILES string of the molecule is COc1ccc(CCCn2ccc(CCC(=O)NO)c2O)cc1. The van der Waals surface area contributed by atoms with Crippen molar-refractivity contribution >= 4 is 5.91 Å². The molecule has 0 spiro atoms. The number of carbonyl (C=O) groups excluding carboxylic acids is 1. The molecule has 0 aliphatic heterocycles. The number of methoxy groups -OCH3 is 1. The van der Waals surface area contributed by atoms with Gasteiger partial charge in [0.25, 0.3) is 0 Å². The van der Waals surface area contributed by atoms with Crippen molar-refractivity contribution in [3.05, 3.63) is 47.7 Å². The van der Waals surface area contributed by atoms with Gasteiger partial charge in [-0.1, -0.05) is 12.1 Å². The molecule has 0 atom stereocenters. The highest BCUT2D eigenvalue weighted by Gasteiger charge is 2.09. The second kappa shape index (κ2) is 8.24. The summed E-state index contributed by atoms with van der Waals surface area (Å²) >= 11 is 0. The number of hydrogen-bond donors (Lipinski definition) is 3. The maximum atomic E-state index is 11.0. The summed E-state index contributed by atoms with van der Waals surface area (Å²) in [6, 6.07) is 9.74. The molecule has 2 aromatic rings. The summed E-state index contributed by atoms with van der Waals surface area (Å²) in [5, 5.41) is 18.6. The van der Waals surface area contributed by atoms with Crippen molar-refractivity contribution in [1.82, 2.24) is 10.0 Å². The minimum atomic E-state index is -0.461. The molecule has 23 heavy (non-hydrogen) atoms. The number of benzene rings is 1. The van der Waals surface area contributed by atoms with Crippen molar-refractivity contribution < 1.29 is 19.8 Å². The van der Waals surface area contributed by atoms with E-state index in [-0.39, 0.29) is 12.3 Å². The van der Waals surface area contributed by atoms with Crippen molar-refractivity contribution in [2.24, 2.45) is 0 Å². The Hall–Kier alpha value is -2.47. The van der Waals surface area contributed by atoms with E-state index in [1.165, 1.54) is 5.56 Å². The van der Waals surface area contributed by atoms with E-state index >= 15 is 0 Å². The van der Waals surface area contributed by atoms with Crippen LogP contribution in [0.25, 0.3) is 0 Å². The Morgan fingerprint density at radius 3 is 2.61 bits per heavy atom. The molecule has 0 saturated heterocycles. The summed E-state index contributed by atoms with van der Waals surface area (Å²) in [6.45, 7) is 0.698. The lowest BCUT2D eigenvalue weighted by Gasteiger charge is -2.07. The maximum Gasteiger partial charge on any atom is 0.243 e. The number of amides is 1. The molecule has 3 N–H and O–H groups in total. The minimum absolute atomic E-state index is 0.139. The summed E-state index contributed by atoms with van der Waals surface area (Å²) < 4.78 is 6.90. The molecule has 0 unspecified atom stereocenters. The Labute approximate surface area is 135 Å². The van der Waals surface area contributed by atoms with E-state index in [0.717, 1.165) is 18.6 Å². The number of carbonyl (C=O) groups is 1. The summed E-state index contributed by atoms with van der Waals surface area (Å²) in [5.41, 5.74) is 3.51. The number of rotatable bonds is 8. The van der Waals surface area contributed by atoms with Gasteiger partial charge in [-0.3, -0.25) is 10.0 Å². The smallest absolute Gasteiger partial charge is 0.243 e. The highest BCUT2D eigenvalue weighted by Crippen LogP contribution is 2.21. The van der Waals surface area contributed by atoms with Crippen LogP contribution in [0, 0.1) is 0 Å². The standard InChI is InChI=1S/C17H22N2O4/c1-23-15-7-4-13(5-8-15)3-2-11-19-12-10-14(17(19)21)6-9-16(20)18-22/h4-5,7-8,10,12,21-22H,2-3,6,9,11H2,1H3,(H,18,20). The fourth-order valence-electron chi connectivity index (χ4n) is 2.43. The van der Waals surface area contributed by atoms with E-state index in [1.807, 2.05) is 30.5 Å². The molecule has 0 saturated carbocycles. The lowest BCUT2D eigenvalue weighted by atomic mass is 10.1. The van der Waals surface area contributed by atoms with Crippen molar-refractivity contribution in [3.8, 4) is 11.6 Å². The topological polar surface area (TPSA) is 83.7 Å². The van der Waals surface area contributed by atoms with Crippen LogP contribution >= 0.6 is 0 Å². The van der Waals surface area contributed by atoms with Gasteiger partial charge < -0.3 is 14.4 Å². The number of aromatic nitrogens is 1. The van der Waals surface area contributed by atoms with E-state index < -0.39 is 5.91 Å². The third-order valence-corrected chi connectivity index (χ3v) is 3.78. The number of hydrogen-bond acceptors (Lipinski definition) is 4. The van der Waals surface area contributed by atoms with E-state index in [2.05, 4.69) is 0 Å². The van der Waals surface area contributed by atoms with Gasteiger partial charge in [-0.15, -0.1) is 0 Å². The number of aromatic hydroxyl groups is 1. The molecule has 124 valence electrons. The monoisotopic (exact) mass is 318 g/mol. The number of nitrogens with one attached hydrogen (secondary N) is 1. The van der Waals surface area contributed by atoms with Gasteiger partial charge in [-0.25, -0.2) is 5.48 Å². The molecule has 2 rings (SSSR count). The van der Waals surface area contributed by atoms with Crippen LogP contribution in [0.5, 0.6) is 11.6 Å². The predicted octanol–water partition coefficient (Wildman–Crippen LogP) is 2.27. The van der Waals surface area contributed by atoms with Crippen molar-refractivity contribution in [2.75, 3.05) is 7.11 Å². The fourth-order valence-corrected chi connectivity index (χ4v) is 2.43. The number of hydroxylamine groups is 1. The van der Waals surface area contributed by atoms with Gasteiger partial charge in [0.05, 0.1) is 7.11 Å². The van der Waals surface area contributed by atoms with Crippen molar-refractivity contribution in [3.63, 3.8) is 0 Å². The molecule has 1 aromatic heterocycles. The molecule has 0 aliphatic carbocycles. The van der Waals surface area contributed by atoms with E-state index in [1.54, 1.807) is 23.2 Å². The molecule has 1 heterocycles. The molecule has 6 heteroatoms. The molecule has 0 radical (unpaired) electrons. The average Bonchev–Trinajstić information content (AvgIpc) is 2.93. The van der Waals surface area contributed by atoms with Gasteiger partial charge in [0, 0.05) is 24.7 Å². The minimum Gasteiger partial charge on any atom is -0.497 e. The number of aryl methyl sites for hydroxylation is 3. The van der Waals surface area contributed by atoms with E-state index in [9.17, 15) is 9.90 Å². The van der Waals surface area contributed by atoms with E-state index in [4.69, 9.17) is 9.94 Å². The van der Waals surface area contributed by atoms with Gasteiger partial charge in [-0.2, -0.15) is 0 Å². The Morgan fingerprint density at radius 1 is 1.22 bits per heavy atom. The van der Waals surface area contributed by atoms with Gasteiger partial charge in [-0.05, 0) is 43.0 Å². The first-order chi connectivity index (χ1) is 11.1. The number of nitrogens with zero attached hydrogens (tertiary/aromatic N) is 1. The van der Waals surface area contributed by atoms with Crippen LogP contribution < -0.4 is 10.2 Å². The zero-order valence-corrected chi connectivity index (χ0v) is 13.2. The summed E-state index contributed by atoms with van der Waals surface area (Å²) in [6.07, 6.45) is 4.15. The zero-order chi connectivity index (χ0) is 16.7. The summed E-state index contributed by atoms with van der Waals surface area (Å²) in [7, 11) is 1.64. The first kappa shape index (κ1) is 16.9. The van der Waals surface area contributed by atoms with Crippen LogP contribution in [-0.2, 0) is 24.2 Å². The maximum absolute atomic E-state index is 11.0. The second-order valence-electron chi connectivity index (χ2n) is 5.34. The Balaban J connectivity index is 1.83. The zero-order valence-electron chi connectivity index (χ0n) is 13.2. The lowest BCUT2D eigenvalue weighted by Crippen LogP contribution is -2.18. The molecule has 0 bridgehead atoms. The molecule has 1 amide bonds. The normalized spacial score (nSPS) is 10.5. The molecule has 6 nitrogen and oxygen atoms in total. The van der Waals surface area contributed by atoms with Crippen LogP contribution in [0.2, 0.25) is 0 Å². The van der Waals surface area contributed by atoms with Crippen molar-refractivity contribution in [2.45, 2.75) is 32.2 Å². The Morgan fingerprint density at radius 2 is 1.96 bits per heavy atom. The average molecular weight is 318 g/mol. The first-order valence-corrected chi connectivity index (χ1v) is 7.57. The highest BCUT2D eigenvalue weighted by molar-refractivity contribution is 5.74. The van der Waals surface area contributed by atoms with Gasteiger partial charge in [0.1, 0.15) is 5.75 Å². The predicted molar refractivity (Wildman–Crippen MR) is 85.7 cm³/mol. The van der Waals surface area contributed by atoms with Gasteiger partial charge in [0.2, 0.25) is 5.91 Å². The van der Waals surface area contributed by atoms with Crippen LogP contribution in [0.15, 0.2) is 36.5 Å². The van der Waals surface area contributed by atoms with Crippen LogP contribution in [0.1, 0.15) is 24.0 Å². The quantitative estimate of drug-likeness (QED) is 0.515. The summed E-state index contributed by atoms with van der Waals surface area (Å²) in [5.74, 6) is 0.565. The largest absolute Gasteiger partial charge is 0.497 e. The second-order valence-corrected chi connectivity index (χ2v) is 5.34. The van der Waals surface area contributed by atoms with E-state index in [0.29, 0.717) is 18.5 Å². The Bertz CT molecular complexity index is 635. The molecule has 0 fully saturated rings. The first-order valence-electron chi connectivity index (χ1n) is 7.57. The van der Waals surface area contributed by atoms with Crippen LogP contribution in [0.3, 0.4) is 0 Å². The van der Waals surface area contributed by atoms with Crippen molar-refractivity contribution in [1.29, 1.82) is 0 Å². The molecule has 1 aromatic carbocycles. The molecule has 0 aliphatic rings. The summed E-state index contributed by atoms with van der Waals surface area (Å²) in [4.78, 5) is 11.0. The third-order valence-electron chi connectivity index (χ3n) is 3.78. The number of ether oxygens (including phenoxy) is 1. The van der Waals surface area contributed by atoms with Crippen LogP contribution in [-0.4, -0.2) is 27.9 Å².